The average molecular weight is 564 g/mol. The number of methoxy groups -OCH3 is 1. The molecule has 1 fully saturated rings. The number of nitrogens with zero attached hydrogens (tertiary/aromatic N) is 1. The Morgan fingerprint density at radius 1 is 1.15 bits per heavy atom. The van der Waals surface area contributed by atoms with Crippen LogP contribution in [0.1, 0.15) is 49.1 Å². The van der Waals surface area contributed by atoms with E-state index >= 15 is 0 Å². The number of hydrogen-bond acceptors (Lipinski definition) is 4. The molecule has 1 aliphatic carbocycles. The highest BCUT2D eigenvalue weighted by atomic mass is 127. The molecule has 0 bridgehead atoms. The molecule has 2 aliphatic rings. The Hall–Kier alpha value is -2.49. The van der Waals surface area contributed by atoms with Crippen LogP contribution in [0.3, 0.4) is 0 Å². The van der Waals surface area contributed by atoms with E-state index in [2.05, 4.69) is 27.0 Å². The fourth-order valence-electron chi connectivity index (χ4n) is 4.41. The number of halogens is 1. The molecule has 33 heavy (non-hydrogen) atoms. The first-order valence-electron chi connectivity index (χ1n) is 11.3. The number of benzene rings is 2. The molecule has 8 heteroatoms. The summed E-state index contributed by atoms with van der Waals surface area (Å²) in [6.07, 6.45) is 5.38. The van der Waals surface area contributed by atoms with Gasteiger partial charge in [0.15, 0.2) is 5.96 Å². The van der Waals surface area contributed by atoms with Gasteiger partial charge in [0.2, 0.25) is 5.91 Å². The molecular formula is C25H33IN4O3. The molecule has 0 aromatic heterocycles. The van der Waals surface area contributed by atoms with Gasteiger partial charge in [0, 0.05) is 49.8 Å². The molecule has 0 saturated heterocycles. The summed E-state index contributed by atoms with van der Waals surface area (Å²) >= 11 is 0. The van der Waals surface area contributed by atoms with Crippen LogP contribution in [-0.4, -0.2) is 38.7 Å². The summed E-state index contributed by atoms with van der Waals surface area (Å²) in [6, 6.07) is 13.9. The van der Waals surface area contributed by atoms with E-state index in [-0.39, 0.29) is 41.9 Å². The quantitative estimate of drug-likeness (QED) is 0.264. The summed E-state index contributed by atoms with van der Waals surface area (Å²) < 4.78 is 11.7. The monoisotopic (exact) mass is 564 g/mol. The lowest BCUT2D eigenvalue weighted by molar-refractivity contribution is -0.116. The molecule has 0 spiro atoms. The Morgan fingerprint density at radius 2 is 1.94 bits per heavy atom. The molecular weight excluding hydrogens is 531 g/mol. The molecule has 1 atom stereocenters. The van der Waals surface area contributed by atoms with Gasteiger partial charge in [-0.25, -0.2) is 0 Å². The highest BCUT2D eigenvalue weighted by Gasteiger charge is 2.25. The number of carbonyl (C=O) groups is 1. The lowest BCUT2D eigenvalue weighted by atomic mass is 9.90. The number of hydrogen-bond donors (Lipinski definition) is 3. The van der Waals surface area contributed by atoms with E-state index in [1.54, 1.807) is 14.2 Å². The number of fused-ring (bicyclic) bond motifs is 1. The van der Waals surface area contributed by atoms with Crippen molar-refractivity contribution in [1.29, 1.82) is 0 Å². The summed E-state index contributed by atoms with van der Waals surface area (Å²) in [5, 5.41) is 9.71. The number of anilines is 1. The Kier molecular flexibility index (Phi) is 9.22. The maximum atomic E-state index is 12.1. The molecule has 1 aliphatic heterocycles. The van der Waals surface area contributed by atoms with Crippen molar-refractivity contribution in [3.63, 3.8) is 0 Å². The first kappa shape index (κ1) is 25.1. The normalized spacial score (nSPS) is 18.1. The molecule has 7 nitrogen and oxygen atoms in total. The maximum absolute atomic E-state index is 12.1. The van der Waals surface area contributed by atoms with Crippen LogP contribution in [0.15, 0.2) is 47.5 Å². The molecule has 178 valence electrons. The van der Waals surface area contributed by atoms with E-state index in [9.17, 15) is 4.79 Å². The largest absolute Gasteiger partial charge is 0.497 e. The lowest BCUT2D eigenvalue weighted by Crippen LogP contribution is -2.40. The summed E-state index contributed by atoms with van der Waals surface area (Å²) in [7, 11) is 3.42. The molecule has 1 unspecified atom stereocenters. The predicted molar refractivity (Wildman–Crippen MR) is 142 cm³/mol. The zero-order valence-electron chi connectivity index (χ0n) is 19.2. The van der Waals surface area contributed by atoms with Crippen LogP contribution >= 0.6 is 24.0 Å². The van der Waals surface area contributed by atoms with Gasteiger partial charge < -0.3 is 25.4 Å². The Labute approximate surface area is 212 Å². The average Bonchev–Trinajstić information content (AvgIpc) is 3.32. The van der Waals surface area contributed by atoms with Gasteiger partial charge in [-0.05, 0) is 49.4 Å². The van der Waals surface area contributed by atoms with Crippen molar-refractivity contribution < 1.29 is 14.3 Å². The fourth-order valence-corrected chi connectivity index (χ4v) is 4.41. The van der Waals surface area contributed by atoms with Gasteiger partial charge >= 0.3 is 0 Å². The first-order valence-corrected chi connectivity index (χ1v) is 11.3. The van der Waals surface area contributed by atoms with Gasteiger partial charge in [-0.3, -0.25) is 9.79 Å². The van der Waals surface area contributed by atoms with E-state index in [0.717, 1.165) is 41.2 Å². The van der Waals surface area contributed by atoms with Crippen molar-refractivity contribution in [3.05, 3.63) is 53.6 Å². The van der Waals surface area contributed by atoms with Gasteiger partial charge in [0.05, 0.1) is 13.2 Å². The molecule has 1 heterocycles. The number of amides is 1. The van der Waals surface area contributed by atoms with Crippen molar-refractivity contribution in [2.75, 3.05) is 26.0 Å². The molecule has 1 amide bonds. The highest BCUT2D eigenvalue weighted by molar-refractivity contribution is 14.0. The molecule has 1 saturated carbocycles. The first-order chi connectivity index (χ1) is 15.7. The molecule has 3 N–H and O–H groups in total. The number of guanidine groups is 1. The molecule has 4 rings (SSSR count). The smallest absolute Gasteiger partial charge is 0.225 e. The summed E-state index contributed by atoms with van der Waals surface area (Å²) in [4.78, 5) is 16.4. The van der Waals surface area contributed by atoms with Crippen LogP contribution in [0.25, 0.3) is 0 Å². The standard InChI is InChI=1S/C25H32N4O3.HI/c1-26-25(28-16-18-13-24(30)29-22-10-6-5-9-21(18)22)27-15-17-11-12-20(31-2)14-23(17)32-19-7-3-4-8-19;/h5-6,9-12,14,18-19H,3-4,7-8,13,15-16H2,1-2H3,(H,29,30)(H2,26,27,28);1H. The van der Waals surface area contributed by atoms with Gasteiger partial charge in [-0.15, -0.1) is 24.0 Å². The van der Waals surface area contributed by atoms with E-state index < -0.39 is 0 Å². The third-order valence-electron chi connectivity index (χ3n) is 6.16. The van der Waals surface area contributed by atoms with Gasteiger partial charge in [-0.2, -0.15) is 0 Å². The minimum absolute atomic E-state index is 0. The topological polar surface area (TPSA) is 84.0 Å². The zero-order chi connectivity index (χ0) is 22.3. The minimum Gasteiger partial charge on any atom is -0.497 e. The number of ether oxygens (including phenoxy) is 2. The third kappa shape index (κ3) is 6.52. The Balaban J connectivity index is 0.00000306. The summed E-state index contributed by atoms with van der Waals surface area (Å²) in [6.45, 7) is 1.20. The van der Waals surface area contributed by atoms with Crippen molar-refractivity contribution in [2.24, 2.45) is 4.99 Å². The van der Waals surface area contributed by atoms with Gasteiger partial charge in [0.1, 0.15) is 11.5 Å². The van der Waals surface area contributed by atoms with E-state index in [1.165, 1.54) is 12.8 Å². The van der Waals surface area contributed by atoms with Crippen LogP contribution in [-0.2, 0) is 11.3 Å². The van der Waals surface area contributed by atoms with Crippen LogP contribution in [0.5, 0.6) is 11.5 Å². The SMILES string of the molecule is CN=C(NCc1ccc(OC)cc1OC1CCCC1)NCC1CC(=O)Nc2ccccc21.I. The predicted octanol–water partition coefficient (Wildman–Crippen LogP) is 4.43. The highest BCUT2D eigenvalue weighted by Crippen LogP contribution is 2.32. The van der Waals surface area contributed by atoms with E-state index in [4.69, 9.17) is 9.47 Å². The van der Waals surface area contributed by atoms with Crippen molar-refractivity contribution >= 4 is 41.5 Å². The van der Waals surface area contributed by atoms with Crippen molar-refractivity contribution in [2.45, 2.75) is 50.7 Å². The Morgan fingerprint density at radius 3 is 2.70 bits per heavy atom. The number of carbonyl (C=O) groups excluding carboxylic acids is 1. The number of nitrogens with one attached hydrogen (secondary N) is 3. The number of rotatable bonds is 7. The second-order valence-electron chi connectivity index (χ2n) is 8.34. The molecule has 2 aromatic rings. The van der Waals surface area contributed by atoms with E-state index in [1.807, 2.05) is 36.4 Å². The molecule has 0 radical (unpaired) electrons. The third-order valence-corrected chi connectivity index (χ3v) is 6.16. The number of para-hydroxylation sites is 1. The van der Waals surface area contributed by atoms with Crippen molar-refractivity contribution in [1.82, 2.24) is 10.6 Å². The summed E-state index contributed by atoms with van der Waals surface area (Å²) in [5.74, 6) is 2.48. The summed E-state index contributed by atoms with van der Waals surface area (Å²) in [5.41, 5.74) is 3.10. The Bertz CT molecular complexity index is 976. The van der Waals surface area contributed by atoms with Gasteiger partial charge in [-0.1, -0.05) is 18.2 Å². The zero-order valence-corrected chi connectivity index (χ0v) is 21.6. The van der Waals surface area contributed by atoms with Crippen LogP contribution < -0.4 is 25.4 Å². The van der Waals surface area contributed by atoms with Crippen LogP contribution in [0, 0.1) is 0 Å². The number of aliphatic imine (C=N–C) groups is 1. The van der Waals surface area contributed by atoms with Crippen LogP contribution in [0.2, 0.25) is 0 Å². The second-order valence-corrected chi connectivity index (χ2v) is 8.34. The maximum Gasteiger partial charge on any atom is 0.225 e. The lowest BCUT2D eigenvalue weighted by Gasteiger charge is -2.26. The van der Waals surface area contributed by atoms with E-state index in [0.29, 0.717) is 25.5 Å². The molecule has 2 aromatic carbocycles. The van der Waals surface area contributed by atoms with Crippen molar-refractivity contribution in [3.8, 4) is 11.5 Å². The minimum atomic E-state index is 0. The fraction of sp³-hybridized carbons (Fsp3) is 0.440. The second kappa shape index (κ2) is 12.1. The van der Waals surface area contributed by atoms with Crippen LogP contribution in [0.4, 0.5) is 5.69 Å². The van der Waals surface area contributed by atoms with Gasteiger partial charge in [0.25, 0.3) is 0 Å².